The first kappa shape index (κ1) is 10.4. The zero-order valence-corrected chi connectivity index (χ0v) is 8.80. The molecule has 0 fully saturated rings. The number of thiophene rings is 1. The number of carboxylic acids is 1. The van der Waals surface area contributed by atoms with Gasteiger partial charge in [0.25, 0.3) is 0 Å². The van der Waals surface area contributed by atoms with E-state index in [0.717, 1.165) is 11.3 Å². The van der Waals surface area contributed by atoms with Crippen LogP contribution in [-0.2, 0) is 0 Å². The van der Waals surface area contributed by atoms with Crippen LogP contribution >= 0.6 is 11.3 Å². The second-order valence-corrected chi connectivity index (χ2v) is 3.90. The van der Waals surface area contributed by atoms with Gasteiger partial charge in [0.2, 0.25) is 0 Å². The predicted octanol–water partition coefficient (Wildman–Crippen LogP) is -0.0153. The van der Waals surface area contributed by atoms with Crippen molar-refractivity contribution >= 4 is 27.7 Å². The summed E-state index contributed by atoms with van der Waals surface area (Å²) >= 11 is 0.829. The van der Waals surface area contributed by atoms with Crippen molar-refractivity contribution in [3.8, 4) is 5.75 Å². The Bertz CT molecular complexity index is 680. The van der Waals surface area contributed by atoms with Crippen LogP contribution in [0.3, 0.4) is 0 Å². The van der Waals surface area contributed by atoms with Gasteiger partial charge in [-0.1, -0.05) is 0 Å². The van der Waals surface area contributed by atoms with Gasteiger partial charge in [-0.15, -0.1) is 11.3 Å². The quantitative estimate of drug-likeness (QED) is 0.641. The number of fused-ring (bicyclic) bond motifs is 1. The van der Waals surface area contributed by atoms with Crippen molar-refractivity contribution in [2.75, 3.05) is 7.11 Å². The molecule has 0 spiro atoms. The van der Waals surface area contributed by atoms with E-state index in [1.165, 1.54) is 7.11 Å². The molecular weight excluding hydrogens is 236 g/mol. The third-order valence-electron chi connectivity index (χ3n) is 1.93. The summed E-state index contributed by atoms with van der Waals surface area (Å²) in [5.41, 5.74) is -1.48. The van der Waals surface area contributed by atoms with E-state index in [9.17, 15) is 14.4 Å². The first-order chi connectivity index (χ1) is 7.54. The summed E-state index contributed by atoms with van der Waals surface area (Å²) in [4.78, 5) is 37.7. The molecule has 0 amide bonds. The molecule has 0 saturated carbocycles. The van der Waals surface area contributed by atoms with Crippen LogP contribution in [0.5, 0.6) is 5.75 Å². The normalized spacial score (nSPS) is 10.6. The van der Waals surface area contributed by atoms with Gasteiger partial charge in [0.05, 0.1) is 7.11 Å². The van der Waals surface area contributed by atoms with Crippen LogP contribution in [0.15, 0.2) is 9.59 Å². The monoisotopic (exact) mass is 242 g/mol. The summed E-state index contributed by atoms with van der Waals surface area (Å²) < 4.78 is 4.89. The molecule has 0 aliphatic carbocycles. The zero-order chi connectivity index (χ0) is 11.9. The number of aromatic nitrogens is 2. The first-order valence-electron chi connectivity index (χ1n) is 4.11. The Morgan fingerprint density at radius 3 is 2.50 bits per heavy atom. The lowest BCUT2D eigenvalue weighted by molar-refractivity contribution is 0.0699. The second-order valence-electron chi connectivity index (χ2n) is 2.88. The number of nitrogens with one attached hydrogen (secondary N) is 2. The fourth-order valence-electron chi connectivity index (χ4n) is 1.28. The summed E-state index contributed by atoms with van der Waals surface area (Å²) in [5.74, 6) is -1.14. The summed E-state index contributed by atoms with van der Waals surface area (Å²) in [7, 11) is 1.29. The fraction of sp³-hybridized carbons (Fsp3) is 0.125. The Morgan fingerprint density at radius 1 is 1.31 bits per heavy atom. The number of carbonyl (C=O) groups is 1. The van der Waals surface area contributed by atoms with Crippen LogP contribution in [0.2, 0.25) is 0 Å². The molecule has 7 nitrogen and oxygen atoms in total. The fourth-order valence-corrected chi connectivity index (χ4v) is 2.24. The number of hydrogen-bond donors (Lipinski definition) is 3. The highest BCUT2D eigenvalue weighted by molar-refractivity contribution is 7.20. The van der Waals surface area contributed by atoms with Crippen molar-refractivity contribution in [1.29, 1.82) is 0 Å². The molecule has 0 aromatic carbocycles. The molecule has 16 heavy (non-hydrogen) atoms. The van der Waals surface area contributed by atoms with Gasteiger partial charge in [-0.05, 0) is 0 Å². The zero-order valence-electron chi connectivity index (χ0n) is 7.99. The van der Waals surface area contributed by atoms with Crippen LogP contribution in [0.25, 0.3) is 10.3 Å². The van der Waals surface area contributed by atoms with Crippen molar-refractivity contribution < 1.29 is 14.6 Å². The van der Waals surface area contributed by atoms with E-state index in [4.69, 9.17) is 9.84 Å². The Balaban J connectivity index is 2.93. The number of aromatic amines is 2. The van der Waals surface area contributed by atoms with Crippen LogP contribution in [-0.4, -0.2) is 28.2 Å². The van der Waals surface area contributed by atoms with Crippen LogP contribution in [0.1, 0.15) is 9.67 Å². The topological polar surface area (TPSA) is 112 Å². The molecule has 2 rings (SSSR count). The summed E-state index contributed by atoms with van der Waals surface area (Å²) in [6.07, 6.45) is 0. The smallest absolute Gasteiger partial charge is 0.349 e. The van der Waals surface area contributed by atoms with Crippen molar-refractivity contribution in [2.24, 2.45) is 0 Å². The second kappa shape index (κ2) is 3.49. The van der Waals surface area contributed by atoms with Crippen molar-refractivity contribution in [1.82, 2.24) is 9.97 Å². The Hall–Kier alpha value is -2.09. The van der Waals surface area contributed by atoms with Gasteiger partial charge in [0.1, 0.15) is 10.3 Å². The molecule has 8 heteroatoms. The van der Waals surface area contributed by atoms with E-state index in [0.29, 0.717) is 0 Å². The molecule has 0 aliphatic heterocycles. The Labute approximate surface area is 91.3 Å². The van der Waals surface area contributed by atoms with Gasteiger partial charge in [-0.3, -0.25) is 9.59 Å². The lowest BCUT2D eigenvalue weighted by Crippen LogP contribution is -2.28. The molecule has 2 aromatic rings. The van der Waals surface area contributed by atoms with Crippen LogP contribution < -0.4 is 15.9 Å². The molecule has 2 heterocycles. The maximum atomic E-state index is 11.1. The summed E-state index contributed by atoms with van der Waals surface area (Å²) in [5, 5.41) is 8.88. The highest BCUT2D eigenvalue weighted by Crippen LogP contribution is 2.33. The minimum absolute atomic E-state index is 0.0425. The van der Waals surface area contributed by atoms with E-state index >= 15 is 0 Å². The lowest BCUT2D eigenvalue weighted by atomic mass is 10.4. The molecule has 0 aliphatic rings. The van der Waals surface area contributed by atoms with Gasteiger partial charge in [0, 0.05) is 0 Å². The van der Waals surface area contributed by atoms with Gasteiger partial charge in [-0.2, -0.15) is 0 Å². The molecule has 2 aromatic heterocycles. The number of ether oxygens (including phenoxy) is 1. The van der Waals surface area contributed by atoms with Crippen molar-refractivity contribution in [2.45, 2.75) is 0 Å². The SMILES string of the molecule is COc1c(C(=O)O)sc2[nH]c(=O)c(=O)[nH]c12. The molecular formula is C8H6N2O5S. The lowest BCUT2D eigenvalue weighted by Gasteiger charge is -1.97. The van der Waals surface area contributed by atoms with Crippen molar-refractivity contribution in [3.05, 3.63) is 25.6 Å². The summed E-state index contributed by atoms with van der Waals surface area (Å²) in [6.45, 7) is 0. The molecule has 0 atom stereocenters. The van der Waals surface area contributed by atoms with E-state index in [2.05, 4.69) is 9.97 Å². The highest BCUT2D eigenvalue weighted by Gasteiger charge is 2.20. The standard InChI is InChI=1S/C8H6N2O5S/c1-15-3-2-7(16-4(3)8(13)14)10-6(12)5(11)9-2/h1H3,(H,9,11)(H,10,12)(H,13,14). The third kappa shape index (κ3) is 1.39. The molecule has 0 radical (unpaired) electrons. The maximum Gasteiger partial charge on any atom is 0.349 e. The van der Waals surface area contributed by atoms with E-state index in [-0.39, 0.29) is 21.0 Å². The van der Waals surface area contributed by atoms with E-state index < -0.39 is 17.1 Å². The van der Waals surface area contributed by atoms with E-state index in [1.807, 2.05) is 0 Å². The molecule has 84 valence electrons. The van der Waals surface area contributed by atoms with Crippen LogP contribution in [0, 0.1) is 0 Å². The van der Waals surface area contributed by atoms with Crippen LogP contribution in [0.4, 0.5) is 0 Å². The number of carboxylic acid groups (broad SMARTS) is 1. The minimum Gasteiger partial charge on any atom is -0.493 e. The summed E-state index contributed by atoms with van der Waals surface area (Å²) in [6, 6.07) is 0. The van der Waals surface area contributed by atoms with Gasteiger partial charge < -0.3 is 19.8 Å². The average molecular weight is 242 g/mol. The highest BCUT2D eigenvalue weighted by atomic mass is 32.1. The first-order valence-corrected chi connectivity index (χ1v) is 4.92. The Kier molecular flexibility index (Phi) is 2.27. The Morgan fingerprint density at radius 2 is 1.94 bits per heavy atom. The number of rotatable bonds is 2. The average Bonchev–Trinajstić information content (AvgIpc) is 2.57. The number of H-pyrrole nitrogens is 2. The number of methoxy groups -OCH3 is 1. The minimum atomic E-state index is -1.18. The van der Waals surface area contributed by atoms with Gasteiger partial charge in [0.15, 0.2) is 10.6 Å². The largest absolute Gasteiger partial charge is 0.493 e. The maximum absolute atomic E-state index is 11.1. The molecule has 0 bridgehead atoms. The van der Waals surface area contributed by atoms with Gasteiger partial charge in [-0.25, -0.2) is 4.79 Å². The number of hydrogen-bond acceptors (Lipinski definition) is 5. The van der Waals surface area contributed by atoms with Crippen molar-refractivity contribution in [3.63, 3.8) is 0 Å². The third-order valence-corrected chi connectivity index (χ3v) is 3.01. The predicted molar refractivity (Wildman–Crippen MR) is 56.6 cm³/mol. The number of aromatic carboxylic acids is 1. The van der Waals surface area contributed by atoms with E-state index in [1.54, 1.807) is 0 Å². The molecule has 3 N–H and O–H groups in total. The molecule has 0 saturated heterocycles. The van der Waals surface area contributed by atoms with Gasteiger partial charge >= 0.3 is 17.1 Å². The molecule has 0 unspecified atom stereocenters.